The summed E-state index contributed by atoms with van der Waals surface area (Å²) in [5, 5.41) is 21.1. The minimum absolute atomic E-state index is 0.000701. The zero-order valence-electron chi connectivity index (χ0n) is 8.78. The van der Waals surface area contributed by atoms with Gasteiger partial charge < -0.3 is 20.3 Å². The SMILES string of the molecule is COC1CCC(NC(CO)CO)CC1. The molecule has 1 fully saturated rings. The number of rotatable bonds is 5. The molecule has 4 nitrogen and oxygen atoms in total. The monoisotopic (exact) mass is 203 g/mol. The number of aliphatic hydroxyl groups excluding tert-OH is 2. The highest BCUT2D eigenvalue weighted by Crippen LogP contribution is 2.20. The van der Waals surface area contributed by atoms with Gasteiger partial charge in [0, 0.05) is 13.2 Å². The summed E-state index contributed by atoms with van der Waals surface area (Å²) in [6, 6.07) is 0.254. The number of methoxy groups -OCH3 is 1. The average Bonchev–Trinajstić information content (AvgIpc) is 2.26. The second-order valence-electron chi connectivity index (χ2n) is 3.94. The molecule has 0 amide bonds. The second-order valence-corrected chi connectivity index (χ2v) is 3.94. The van der Waals surface area contributed by atoms with Gasteiger partial charge in [-0.05, 0) is 25.7 Å². The van der Waals surface area contributed by atoms with E-state index in [0.717, 1.165) is 25.7 Å². The molecule has 1 aliphatic rings. The van der Waals surface area contributed by atoms with Gasteiger partial charge in [0.1, 0.15) is 0 Å². The van der Waals surface area contributed by atoms with Crippen LogP contribution in [0, 0.1) is 0 Å². The van der Waals surface area contributed by atoms with Gasteiger partial charge in [0.25, 0.3) is 0 Å². The molecule has 1 saturated carbocycles. The Hall–Kier alpha value is -0.160. The predicted octanol–water partition coefficient (Wildman–Crippen LogP) is -0.113. The van der Waals surface area contributed by atoms with Crippen LogP contribution in [0.5, 0.6) is 0 Å². The maximum atomic E-state index is 8.91. The van der Waals surface area contributed by atoms with Crippen molar-refractivity contribution in [1.29, 1.82) is 0 Å². The summed E-state index contributed by atoms with van der Waals surface area (Å²) in [6.45, 7) is 0.00140. The fourth-order valence-corrected chi connectivity index (χ4v) is 1.96. The number of hydrogen-bond donors (Lipinski definition) is 3. The number of nitrogens with one attached hydrogen (secondary N) is 1. The first-order valence-corrected chi connectivity index (χ1v) is 5.30. The van der Waals surface area contributed by atoms with Crippen LogP contribution in [-0.2, 0) is 4.74 Å². The summed E-state index contributed by atoms with van der Waals surface area (Å²) in [5.74, 6) is 0. The normalized spacial score (nSPS) is 28.3. The Morgan fingerprint density at radius 1 is 1.21 bits per heavy atom. The molecule has 0 saturated heterocycles. The van der Waals surface area contributed by atoms with Crippen LogP contribution in [0.15, 0.2) is 0 Å². The number of aliphatic hydroxyl groups is 2. The topological polar surface area (TPSA) is 61.7 Å². The van der Waals surface area contributed by atoms with E-state index in [1.54, 1.807) is 7.11 Å². The molecule has 0 radical (unpaired) electrons. The van der Waals surface area contributed by atoms with Crippen LogP contribution < -0.4 is 5.32 Å². The first-order valence-electron chi connectivity index (χ1n) is 5.30. The van der Waals surface area contributed by atoms with Gasteiger partial charge in [0.15, 0.2) is 0 Å². The smallest absolute Gasteiger partial charge is 0.0607 e. The Kier molecular flexibility index (Phi) is 5.40. The number of ether oxygens (including phenoxy) is 1. The van der Waals surface area contributed by atoms with E-state index >= 15 is 0 Å². The highest BCUT2D eigenvalue weighted by atomic mass is 16.5. The summed E-state index contributed by atoms with van der Waals surface area (Å²) in [7, 11) is 1.75. The summed E-state index contributed by atoms with van der Waals surface area (Å²) in [6.07, 6.45) is 4.66. The van der Waals surface area contributed by atoms with Crippen LogP contribution in [0.4, 0.5) is 0 Å². The molecule has 0 aliphatic heterocycles. The van der Waals surface area contributed by atoms with Crippen molar-refractivity contribution in [3.63, 3.8) is 0 Å². The van der Waals surface area contributed by atoms with Gasteiger partial charge in [-0.3, -0.25) is 0 Å². The molecular weight excluding hydrogens is 182 g/mol. The van der Waals surface area contributed by atoms with Gasteiger partial charge in [0.2, 0.25) is 0 Å². The van der Waals surface area contributed by atoms with Crippen LogP contribution in [0.2, 0.25) is 0 Å². The van der Waals surface area contributed by atoms with Gasteiger partial charge in [-0.2, -0.15) is 0 Å². The fraction of sp³-hybridized carbons (Fsp3) is 1.00. The zero-order valence-corrected chi connectivity index (χ0v) is 8.78. The van der Waals surface area contributed by atoms with Crippen LogP contribution in [0.3, 0.4) is 0 Å². The van der Waals surface area contributed by atoms with Crippen molar-refractivity contribution in [3.05, 3.63) is 0 Å². The lowest BCUT2D eigenvalue weighted by Gasteiger charge is -2.30. The molecule has 84 valence electrons. The molecule has 1 rings (SSSR count). The second kappa shape index (κ2) is 6.35. The molecule has 0 atom stereocenters. The third kappa shape index (κ3) is 3.53. The van der Waals surface area contributed by atoms with Gasteiger partial charge in [-0.15, -0.1) is 0 Å². The molecule has 3 N–H and O–H groups in total. The highest BCUT2D eigenvalue weighted by Gasteiger charge is 2.22. The molecule has 0 heterocycles. The fourth-order valence-electron chi connectivity index (χ4n) is 1.96. The average molecular weight is 203 g/mol. The first-order chi connectivity index (χ1) is 6.80. The van der Waals surface area contributed by atoms with E-state index in [9.17, 15) is 0 Å². The first kappa shape index (κ1) is 11.9. The van der Waals surface area contributed by atoms with Crippen molar-refractivity contribution >= 4 is 0 Å². The van der Waals surface area contributed by atoms with E-state index in [4.69, 9.17) is 14.9 Å². The van der Waals surface area contributed by atoms with E-state index in [-0.39, 0.29) is 19.3 Å². The summed E-state index contributed by atoms with van der Waals surface area (Å²) < 4.78 is 5.27. The standard InChI is InChI=1S/C10H21NO3/c1-14-10-4-2-8(3-5-10)11-9(6-12)7-13/h8-13H,2-7H2,1H3. The van der Waals surface area contributed by atoms with Crippen LogP contribution in [0.25, 0.3) is 0 Å². The molecule has 0 aromatic rings. The lowest BCUT2D eigenvalue weighted by molar-refractivity contribution is 0.0573. The van der Waals surface area contributed by atoms with Crippen molar-refractivity contribution in [3.8, 4) is 0 Å². The van der Waals surface area contributed by atoms with E-state index < -0.39 is 0 Å². The van der Waals surface area contributed by atoms with Crippen LogP contribution in [-0.4, -0.2) is 48.7 Å². The van der Waals surface area contributed by atoms with Gasteiger partial charge in [-0.25, -0.2) is 0 Å². The van der Waals surface area contributed by atoms with Crippen LogP contribution >= 0.6 is 0 Å². The van der Waals surface area contributed by atoms with E-state index in [1.165, 1.54) is 0 Å². The van der Waals surface area contributed by atoms with Gasteiger partial charge >= 0.3 is 0 Å². The van der Waals surface area contributed by atoms with E-state index in [1.807, 2.05) is 0 Å². The van der Waals surface area contributed by atoms with Crippen molar-refractivity contribution in [2.24, 2.45) is 0 Å². The third-order valence-electron chi connectivity index (χ3n) is 2.92. The van der Waals surface area contributed by atoms with Gasteiger partial charge in [0.05, 0.1) is 25.4 Å². The van der Waals surface area contributed by atoms with Crippen molar-refractivity contribution in [2.75, 3.05) is 20.3 Å². The zero-order chi connectivity index (χ0) is 10.4. The highest BCUT2D eigenvalue weighted by molar-refractivity contribution is 4.80. The summed E-state index contributed by atoms with van der Waals surface area (Å²) >= 11 is 0. The van der Waals surface area contributed by atoms with Crippen molar-refractivity contribution in [2.45, 2.75) is 43.9 Å². The Balaban J connectivity index is 2.21. The molecule has 0 spiro atoms. The molecule has 0 unspecified atom stereocenters. The molecule has 0 aromatic heterocycles. The van der Waals surface area contributed by atoms with E-state index in [0.29, 0.717) is 12.1 Å². The molecule has 14 heavy (non-hydrogen) atoms. The Bertz CT molecular complexity index is 142. The molecule has 4 heteroatoms. The molecule has 0 aromatic carbocycles. The Labute approximate surface area is 85.3 Å². The van der Waals surface area contributed by atoms with E-state index in [2.05, 4.69) is 5.32 Å². The Morgan fingerprint density at radius 3 is 2.21 bits per heavy atom. The third-order valence-corrected chi connectivity index (χ3v) is 2.92. The lowest BCUT2D eigenvalue weighted by Crippen LogP contribution is -2.45. The largest absolute Gasteiger partial charge is 0.395 e. The van der Waals surface area contributed by atoms with Gasteiger partial charge in [-0.1, -0.05) is 0 Å². The molecule has 0 bridgehead atoms. The molecule has 1 aliphatic carbocycles. The quantitative estimate of drug-likeness (QED) is 0.583. The summed E-state index contributed by atoms with van der Waals surface area (Å²) in [4.78, 5) is 0. The maximum absolute atomic E-state index is 8.91. The predicted molar refractivity (Wildman–Crippen MR) is 54.1 cm³/mol. The molecular formula is C10H21NO3. The maximum Gasteiger partial charge on any atom is 0.0607 e. The number of hydrogen-bond acceptors (Lipinski definition) is 4. The van der Waals surface area contributed by atoms with Crippen molar-refractivity contribution in [1.82, 2.24) is 5.32 Å². The lowest BCUT2D eigenvalue weighted by atomic mass is 9.92. The minimum atomic E-state index is -0.168. The van der Waals surface area contributed by atoms with Crippen LogP contribution in [0.1, 0.15) is 25.7 Å². The Morgan fingerprint density at radius 2 is 1.79 bits per heavy atom. The minimum Gasteiger partial charge on any atom is -0.395 e. The van der Waals surface area contributed by atoms with Crippen molar-refractivity contribution < 1.29 is 14.9 Å². The summed E-state index contributed by atoms with van der Waals surface area (Å²) in [5.41, 5.74) is 0.